The molecule has 0 unspecified atom stereocenters. The fourth-order valence-corrected chi connectivity index (χ4v) is 2.53. The highest BCUT2D eigenvalue weighted by Crippen LogP contribution is 2.26. The van der Waals surface area contributed by atoms with Crippen LogP contribution < -0.4 is 10.2 Å². The maximum absolute atomic E-state index is 12.9. The zero-order chi connectivity index (χ0) is 17.7. The molecule has 0 aliphatic heterocycles. The second-order valence-corrected chi connectivity index (χ2v) is 6.41. The zero-order valence-electron chi connectivity index (χ0n) is 14.0. The van der Waals surface area contributed by atoms with Crippen LogP contribution in [0.2, 0.25) is 5.02 Å². The van der Waals surface area contributed by atoms with E-state index in [0.29, 0.717) is 17.3 Å². The van der Waals surface area contributed by atoms with Crippen molar-refractivity contribution in [3.63, 3.8) is 0 Å². The first kappa shape index (κ1) is 18.0. The number of hydrogen-bond acceptors (Lipinski definition) is 2. The number of para-hydroxylation sites is 1. The molecule has 0 aliphatic carbocycles. The molecular formula is C19H21ClN2O2. The Hall–Kier alpha value is -2.33. The third-order valence-corrected chi connectivity index (χ3v) is 4.05. The first-order valence-corrected chi connectivity index (χ1v) is 8.18. The number of carbonyl (C=O) groups excluding carboxylic acids is 2. The lowest BCUT2D eigenvalue weighted by atomic mass is 9.89. The van der Waals surface area contributed by atoms with E-state index >= 15 is 0 Å². The van der Waals surface area contributed by atoms with Crippen LogP contribution in [0, 0.1) is 5.41 Å². The number of anilines is 2. The van der Waals surface area contributed by atoms with Crippen LogP contribution in [-0.2, 0) is 9.59 Å². The Morgan fingerprint density at radius 1 is 1.08 bits per heavy atom. The highest BCUT2D eigenvalue weighted by Gasteiger charge is 2.39. The van der Waals surface area contributed by atoms with Crippen LogP contribution in [-0.4, -0.2) is 18.4 Å². The molecule has 2 aromatic carbocycles. The molecule has 0 spiro atoms. The number of benzene rings is 2. The largest absolute Gasteiger partial charge is 0.325 e. The lowest BCUT2D eigenvalue weighted by Crippen LogP contribution is -2.47. The van der Waals surface area contributed by atoms with Crippen molar-refractivity contribution in [3.8, 4) is 0 Å². The number of carbonyl (C=O) groups is 2. The van der Waals surface area contributed by atoms with Crippen molar-refractivity contribution in [2.24, 2.45) is 5.41 Å². The topological polar surface area (TPSA) is 49.4 Å². The summed E-state index contributed by atoms with van der Waals surface area (Å²) < 4.78 is 0. The number of halogens is 1. The zero-order valence-corrected chi connectivity index (χ0v) is 14.8. The predicted molar refractivity (Wildman–Crippen MR) is 98.3 cm³/mol. The molecule has 24 heavy (non-hydrogen) atoms. The molecule has 2 aromatic rings. The quantitative estimate of drug-likeness (QED) is 0.819. The minimum atomic E-state index is -1.21. The van der Waals surface area contributed by atoms with Crippen molar-refractivity contribution in [3.05, 3.63) is 59.6 Å². The van der Waals surface area contributed by atoms with Gasteiger partial charge in [-0.05, 0) is 51.1 Å². The van der Waals surface area contributed by atoms with Crippen LogP contribution in [0.4, 0.5) is 11.4 Å². The standard InChI is InChI=1S/C19H21ClN2O2/c1-4-22(16-11-6-5-7-12-16)18(24)19(2,3)17(23)21-15-10-8-9-14(20)13-15/h5-13H,4H2,1-3H3,(H,21,23). The van der Waals surface area contributed by atoms with Gasteiger partial charge in [-0.2, -0.15) is 0 Å². The molecular weight excluding hydrogens is 324 g/mol. The summed E-state index contributed by atoms with van der Waals surface area (Å²) in [4.78, 5) is 27.2. The number of nitrogens with one attached hydrogen (secondary N) is 1. The Morgan fingerprint density at radius 2 is 1.75 bits per heavy atom. The summed E-state index contributed by atoms with van der Waals surface area (Å²) in [6, 6.07) is 16.2. The Morgan fingerprint density at radius 3 is 2.33 bits per heavy atom. The van der Waals surface area contributed by atoms with Crippen LogP contribution >= 0.6 is 11.6 Å². The molecule has 0 heterocycles. The fourth-order valence-electron chi connectivity index (χ4n) is 2.34. The van der Waals surface area contributed by atoms with Gasteiger partial charge in [0.05, 0.1) is 0 Å². The summed E-state index contributed by atoms with van der Waals surface area (Å²) in [5.41, 5.74) is 0.124. The summed E-state index contributed by atoms with van der Waals surface area (Å²) in [5, 5.41) is 3.29. The van der Waals surface area contributed by atoms with E-state index in [4.69, 9.17) is 11.6 Å². The van der Waals surface area contributed by atoms with Crippen molar-refractivity contribution in [1.29, 1.82) is 0 Å². The summed E-state index contributed by atoms with van der Waals surface area (Å²) in [6.45, 7) is 5.62. The van der Waals surface area contributed by atoms with E-state index in [2.05, 4.69) is 5.32 Å². The van der Waals surface area contributed by atoms with E-state index in [1.807, 2.05) is 37.3 Å². The molecule has 0 saturated heterocycles. The van der Waals surface area contributed by atoms with E-state index in [-0.39, 0.29) is 11.8 Å². The van der Waals surface area contributed by atoms with Gasteiger partial charge in [-0.25, -0.2) is 0 Å². The van der Waals surface area contributed by atoms with Gasteiger partial charge < -0.3 is 10.2 Å². The van der Waals surface area contributed by atoms with E-state index in [1.165, 1.54) is 0 Å². The third-order valence-electron chi connectivity index (χ3n) is 3.81. The molecule has 0 fully saturated rings. The molecule has 2 amide bonds. The molecule has 126 valence electrons. The second kappa shape index (κ2) is 7.49. The van der Waals surface area contributed by atoms with E-state index in [9.17, 15) is 9.59 Å². The minimum Gasteiger partial charge on any atom is -0.325 e. The first-order chi connectivity index (χ1) is 11.4. The first-order valence-electron chi connectivity index (χ1n) is 7.80. The molecule has 4 nitrogen and oxygen atoms in total. The lowest BCUT2D eigenvalue weighted by molar-refractivity contribution is -0.136. The number of rotatable bonds is 5. The van der Waals surface area contributed by atoms with Gasteiger partial charge in [0.25, 0.3) is 0 Å². The summed E-state index contributed by atoms with van der Waals surface area (Å²) >= 11 is 5.93. The van der Waals surface area contributed by atoms with Crippen molar-refractivity contribution in [2.75, 3.05) is 16.8 Å². The van der Waals surface area contributed by atoms with Crippen LogP contribution in [0.3, 0.4) is 0 Å². The average molecular weight is 345 g/mol. The van der Waals surface area contributed by atoms with Crippen molar-refractivity contribution in [1.82, 2.24) is 0 Å². The van der Waals surface area contributed by atoms with Crippen molar-refractivity contribution < 1.29 is 9.59 Å². The van der Waals surface area contributed by atoms with Gasteiger partial charge >= 0.3 is 0 Å². The van der Waals surface area contributed by atoms with E-state index < -0.39 is 5.41 Å². The lowest BCUT2D eigenvalue weighted by Gasteiger charge is -2.30. The van der Waals surface area contributed by atoms with Crippen LogP contribution in [0.5, 0.6) is 0 Å². The van der Waals surface area contributed by atoms with Gasteiger partial charge in [0.2, 0.25) is 11.8 Å². The molecule has 0 radical (unpaired) electrons. The number of nitrogens with zero attached hydrogens (tertiary/aromatic N) is 1. The minimum absolute atomic E-state index is 0.254. The summed E-state index contributed by atoms with van der Waals surface area (Å²) in [6.07, 6.45) is 0. The highest BCUT2D eigenvalue weighted by molar-refractivity contribution is 6.31. The van der Waals surface area contributed by atoms with Gasteiger partial charge in [-0.3, -0.25) is 9.59 Å². The third kappa shape index (κ3) is 3.95. The second-order valence-electron chi connectivity index (χ2n) is 5.97. The molecule has 0 aromatic heterocycles. The molecule has 0 aliphatic rings. The van der Waals surface area contributed by atoms with E-state index in [1.54, 1.807) is 43.0 Å². The Bertz CT molecular complexity index is 729. The van der Waals surface area contributed by atoms with Crippen LogP contribution in [0.1, 0.15) is 20.8 Å². The smallest absolute Gasteiger partial charge is 0.242 e. The molecule has 2 rings (SSSR count). The Kier molecular flexibility index (Phi) is 5.62. The average Bonchev–Trinajstić information content (AvgIpc) is 2.56. The monoisotopic (exact) mass is 344 g/mol. The molecule has 5 heteroatoms. The maximum Gasteiger partial charge on any atom is 0.242 e. The SMILES string of the molecule is CCN(C(=O)C(C)(C)C(=O)Nc1cccc(Cl)c1)c1ccccc1. The molecule has 0 bridgehead atoms. The summed E-state index contributed by atoms with van der Waals surface area (Å²) in [7, 11) is 0. The van der Waals surface area contributed by atoms with Gasteiger partial charge in [-0.1, -0.05) is 35.9 Å². The Balaban J connectivity index is 2.21. The number of hydrogen-bond donors (Lipinski definition) is 1. The predicted octanol–water partition coefficient (Wildman–Crippen LogP) is 4.36. The maximum atomic E-state index is 12.9. The molecule has 1 N–H and O–H groups in total. The molecule has 0 atom stereocenters. The summed E-state index contributed by atoms with van der Waals surface area (Å²) in [5.74, 6) is -0.625. The highest BCUT2D eigenvalue weighted by atomic mass is 35.5. The van der Waals surface area contributed by atoms with Crippen LogP contribution in [0.25, 0.3) is 0 Å². The van der Waals surface area contributed by atoms with E-state index in [0.717, 1.165) is 5.69 Å². The normalized spacial score (nSPS) is 11.0. The van der Waals surface area contributed by atoms with Gasteiger partial charge in [0.1, 0.15) is 5.41 Å². The Labute approximate surface area is 147 Å². The van der Waals surface area contributed by atoms with Gasteiger partial charge in [0.15, 0.2) is 0 Å². The molecule has 0 saturated carbocycles. The fraction of sp³-hybridized carbons (Fsp3) is 0.263. The van der Waals surface area contributed by atoms with Crippen LogP contribution in [0.15, 0.2) is 54.6 Å². The van der Waals surface area contributed by atoms with Crippen molar-refractivity contribution in [2.45, 2.75) is 20.8 Å². The van der Waals surface area contributed by atoms with Gasteiger partial charge in [0, 0.05) is 22.9 Å². The van der Waals surface area contributed by atoms with Crippen molar-refractivity contribution >= 4 is 34.8 Å². The van der Waals surface area contributed by atoms with Gasteiger partial charge in [-0.15, -0.1) is 0 Å². The number of amides is 2.